The summed E-state index contributed by atoms with van der Waals surface area (Å²) in [6.07, 6.45) is 2.43. The number of benzene rings is 1. The van der Waals surface area contributed by atoms with Gasteiger partial charge in [-0.1, -0.05) is 30.0 Å². The fourth-order valence-electron chi connectivity index (χ4n) is 3.50. The third-order valence-electron chi connectivity index (χ3n) is 4.77. The topological polar surface area (TPSA) is 86.5 Å². The SMILES string of the molecule is Cc1nnc(SCC(=O)NC2CC3(CCOCC3)Oc3ccccc32)o1. The van der Waals surface area contributed by atoms with Gasteiger partial charge in [0.1, 0.15) is 11.4 Å². The van der Waals surface area contributed by atoms with Crippen molar-refractivity contribution >= 4 is 17.7 Å². The molecule has 3 heterocycles. The smallest absolute Gasteiger partial charge is 0.277 e. The summed E-state index contributed by atoms with van der Waals surface area (Å²) in [5, 5.41) is 11.2. The largest absolute Gasteiger partial charge is 0.487 e. The quantitative estimate of drug-likeness (QED) is 0.822. The minimum atomic E-state index is -0.263. The molecule has 0 saturated carbocycles. The van der Waals surface area contributed by atoms with Crippen LogP contribution in [0, 0.1) is 6.92 Å². The van der Waals surface area contributed by atoms with Gasteiger partial charge in [0.2, 0.25) is 11.8 Å². The summed E-state index contributed by atoms with van der Waals surface area (Å²) >= 11 is 1.24. The monoisotopic (exact) mass is 375 g/mol. The van der Waals surface area contributed by atoms with Gasteiger partial charge in [0.15, 0.2) is 0 Å². The lowest BCUT2D eigenvalue weighted by atomic mass is 9.82. The van der Waals surface area contributed by atoms with Gasteiger partial charge in [-0.15, -0.1) is 10.2 Å². The minimum Gasteiger partial charge on any atom is -0.487 e. The lowest BCUT2D eigenvalue weighted by molar-refractivity contribution is -0.120. The van der Waals surface area contributed by atoms with Crippen LogP contribution in [0.5, 0.6) is 5.75 Å². The molecule has 0 aliphatic carbocycles. The number of nitrogens with zero attached hydrogens (tertiary/aromatic N) is 2. The normalized spacial score (nSPS) is 21.0. The molecule has 8 heteroatoms. The molecule has 4 rings (SSSR count). The molecule has 1 saturated heterocycles. The van der Waals surface area contributed by atoms with Crippen LogP contribution in [0.25, 0.3) is 0 Å². The second-order valence-electron chi connectivity index (χ2n) is 6.64. The molecular formula is C18H21N3O4S. The molecule has 1 aromatic heterocycles. The van der Waals surface area contributed by atoms with Crippen LogP contribution in [0.15, 0.2) is 33.9 Å². The van der Waals surface area contributed by atoms with Gasteiger partial charge in [-0.3, -0.25) is 4.79 Å². The van der Waals surface area contributed by atoms with Gasteiger partial charge in [-0.05, 0) is 6.07 Å². The number of hydrogen-bond donors (Lipinski definition) is 1. The number of para-hydroxylation sites is 1. The first kappa shape index (κ1) is 17.4. The maximum absolute atomic E-state index is 12.5. The Labute approximate surface area is 155 Å². The van der Waals surface area contributed by atoms with E-state index in [2.05, 4.69) is 15.5 Å². The summed E-state index contributed by atoms with van der Waals surface area (Å²) < 4.78 is 17.1. The summed E-state index contributed by atoms with van der Waals surface area (Å²) in [4.78, 5) is 12.5. The Bertz CT molecular complexity index is 788. The average molecular weight is 375 g/mol. The Morgan fingerprint density at radius 1 is 1.31 bits per heavy atom. The molecule has 2 aliphatic rings. The molecule has 1 fully saturated rings. The highest BCUT2D eigenvalue weighted by Crippen LogP contribution is 2.43. The molecule has 0 radical (unpaired) electrons. The summed E-state index contributed by atoms with van der Waals surface area (Å²) in [6, 6.07) is 7.85. The Morgan fingerprint density at radius 2 is 2.12 bits per heavy atom. The van der Waals surface area contributed by atoms with E-state index >= 15 is 0 Å². The van der Waals surface area contributed by atoms with Crippen LogP contribution >= 0.6 is 11.8 Å². The lowest BCUT2D eigenvalue weighted by Crippen LogP contribution is -2.48. The van der Waals surface area contributed by atoms with Crippen LogP contribution in [-0.4, -0.2) is 40.7 Å². The van der Waals surface area contributed by atoms with Gasteiger partial charge in [0.05, 0.1) is 25.0 Å². The van der Waals surface area contributed by atoms with Crippen molar-refractivity contribution in [2.75, 3.05) is 19.0 Å². The van der Waals surface area contributed by atoms with Crippen molar-refractivity contribution in [3.8, 4) is 5.75 Å². The van der Waals surface area contributed by atoms with Crippen molar-refractivity contribution in [2.24, 2.45) is 0 Å². The van der Waals surface area contributed by atoms with E-state index in [0.29, 0.717) is 24.3 Å². The van der Waals surface area contributed by atoms with Crippen LogP contribution in [0.4, 0.5) is 0 Å². The molecular weight excluding hydrogens is 354 g/mol. The molecule has 1 amide bonds. The van der Waals surface area contributed by atoms with E-state index in [-0.39, 0.29) is 23.3 Å². The van der Waals surface area contributed by atoms with Crippen LogP contribution in [0.2, 0.25) is 0 Å². The lowest BCUT2D eigenvalue weighted by Gasteiger charge is -2.44. The molecule has 26 heavy (non-hydrogen) atoms. The van der Waals surface area contributed by atoms with Gasteiger partial charge in [-0.25, -0.2) is 0 Å². The van der Waals surface area contributed by atoms with Crippen LogP contribution in [0.1, 0.15) is 36.8 Å². The zero-order valence-corrected chi connectivity index (χ0v) is 15.4. The number of aryl methyl sites for hydroxylation is 1. The van der Waals surface area contributed by atoms with E-state index in [1.54, 1.807) is 6.92 Å². The van der Waals surface area contributed by atoms with E-state index in [1.165, 1.54) is 11.8 Å². The number of fused-ring (bicyclic) bond motifs is 1. The molecule has 2 aliphatic heterocycles. The van der Waals surface area contributed by atoms with Crippen molar-refractivity contribution in [3.05, 3.63) is 35.7 Å². The van der Waals surface area contributed by atoms with Gasteiger partial charge in [-0.2, -0.15) is 0 Å². The molecule has 1 N–H and O–H groups in total. The molecule has 1 atom stereocenters. The first-order valence-corrected chi connectivity index (χ1v) is 9.70. The van der Waals surface area contributed by atoms with Crippen LogP contribution in [0.3, 0.4) is 0 Å². The highest BCUT2D eigenvalue weighted by atomic mass is 32.2. The molecule has 7 nitrogen and oxygen atoms in total. The third-order valence-corrected chi connectivity index (χ3v) is 5.59. The molecule has 0 bridgehead atoms. The summed E-state index contributed by atoms with van der Waals surface area (Å²) in [6.45, 7) is 3.10. The van der Waals surface area contributed by atoms with Gasteiger partial charge in [0, 0.05) is 31.7 Å². The molecule has 138 valence electrons. The Kier molecular flexibility index (Phi) is 4.86. The molecule has 1 aromatic carbocycles. The number of nitrogens with one attached hydrogen (secondary N) is 1. The van der Waals surface area contributed by atoms with Crippen LogP contribution < -0.4 is 10.1 Å². The standard InChI is InChI=1S/C18H21N3O4S/c1-12-20-21-17(24-12)26-11-16(22)19-14-10-18(6-8-23-9-7-18)25-15-5-3-2-4-13(14)15/h2-5,14H,6-11H2,1H3,(H,19,22). The predicted octanol–water partition coefficient (Wildman–Crippen LogP) is 2.66. The minimum absolute atomic E-state index is 0.0604. The van der Waals surface area contributed by atoms with Crippen molar-refractivity contribution in [1.29, 1.82) is 0 Å². The van der Waals surface area contributed by atoms with Gasteiger partial charge in [0.25, 0.3) is 5.22 Å². The number of aromatic nitrogens is 2. The highest BCUT2D eigenvalue weighted by molar-refractivity contribution is 7.99. The average Bonchev–Trinajstić information content (AvgIpc) is 3.06. The maximum Gasteiger partial charge on any atom is 0.277 e. The van der Waals surface area contributed by atoms with E-state index < -0.39 is 0 Å². The number of hydrogen-bond acceptors (Lipinski definition) is 7. The third kappa shape index (κ3) is 3.71. The second-order valence-corrected chi connectivity index (χ2v) is 7.56. The van der Waals surface area contributed by atoms with Crippen molar-refractivity contribution in [1.82, 2.24) is 15.5 Å². The van der Waals surface area contributed by atoms with Gasteiger partial charge >= 0.3 is 0 Å². The van der Waals surface area contributed by atoms with Crippen molar-refractivity contribution in [3.63, 3.8) is 0 Å². The van der Waals surface area contributed by atoms with E-state index in [4.69, 9.17) is 13.9 Å². The molecule has 2 aromatic rings. The zero-order valence-electron chi connectivity index (χ0n) is 14.6. The van der Waals surface area contributed by atoms with Crippen molar-refractivity contribution < 1.29 is 18.7 Å². The number of rotatable bonds is 4. The maximum atomic E-state index is 12.5. The Morgan fingerprint density at radius 3 is 2.88 bits per heavy atom. The van der Waals surface area contributed by atoms with E-state index in [1.807, 2.05) is 24.3 Å². The number of thioether (sulfide) groups is 1. The fraction of sp³-hybridized carbons (Fsp3) is 0.500. The van der Waals surface area contributed by atoms with E-state index in [0.717, 1.165) is 30.6 Å². The molecule has 1 unspecified atom stereocenters. The highest BCUT2D eigenvalue weighted by Gasteiger charge is 2.42. The zero-order chi connectivity index (χ0) is 18.0. The van der Waals surface area contributed by atoms with Crippen LogP contribution in [-0.2, 0) is 9.53 Å². The summed E-state index contributed by atoms with van der Waals surface area (Å²) in [7, 11) is 0. The fourth-order valence-corrected chi connectivity index (χ4v) is 4.11. The molecule has 1 spiro atoms. The number of amides is 1. The van der Waals surface area contributed by atoms with E-state index in [9.17, 15) is 4.79 Å². The Hall–Kier alpha value is -2.06. The number of carbonyl (C=O) groups excluding carboxylic acids is 1. The van der Waals surface area contributed by atoms with Crippen molar-refractivity contribution in [2.45, 2.75) is 43.1 Å². The summed E-state index contributed by atoms with van der Waals surface area (Å²) in [5.41, 5.74) is 0.762. The summed E-state index contributed by atoms with van der Waals surface area (Å²) in [5.74, 6) is 1.52. The second kappa shape index (κ2) is 7.28. The number of ether oxygens (including phenoxy) is 2. The Balaban J connectivity index is 1.46. The first-order valence-electron chi connectivity index (χ1n) is 8.72. The van der Waals surface area contributed by atoms with Gasteiger partial charge < -0.3 is 19.2 Å². The number of carbonyl (C=O) groups is 1. The first-order chi connectivity index (χ1) is 12.6. The predicted molar refractivity (Wildman–Crippen MR) is 95.1 cm³/mol.